The van der Waals surface area contributed by atoms with Crippen molar-refractivity contribution in [2.75, 3.05) is 0 Å². The molecule has 3 rings (SSSR count). The van der Waals surface area contributed by atoms with Crippen LogP contribution in [0.25, 0.3) is 17.0 Å². The minimum Gasteiger partial charge on any atom is -0.220 e. The third-order valence-electron chi connectivity index (χ3n) is 2.84. The second kappa shape index (κ2) is 4.29. The maximum absolute atomic E-state index is 12.6. The lowest BCUT2D eigenvalue weighted by atomic mass is 10.1. The Morgan fingerprint density at radius 2 is 1.75 bits per heavy atom. The highest BCUT2D eigenvalue weighted by molar-refractivity contribution is 5.61. The number of aromatic nitrogens is 4. The molecule has 0 aliphatic heterocycles. The smallest absolute Gasteiger partial charge is 0.220 e. The highest BCUT2D eigenvalue weighted by Gasteiger charge is 2.36. The molecule has 2 heterocycles. The Labute approximate surface area is 111 Å². The molecule has 102 valence electrons. The van der Waals surface area contributed by atoms with Gasteiger partial charge in [-0.1, -0.05) is 29.8 Å². The van der Waals surface area contributed by atoms with Gasteiger partial charge in [0.05, 0.1) is 5.69 Å². The van der Waals surface area contributed by atoms with Gasteiger partial charge in [0.1, 0.15) is 0 Å². The van der Waals surface area contributed by atoms with Gasteiger partial charge < -0.3 is 0 Å². The summed E-state index contributed by atoms with van der Waals surface area (Å²) in [5, 5.41) is 3.50. The molecule has 0 aliphatic rings. The van der Waals surface area contributed by atoms with Gasteiger partial charge in [0.25, 0.3) is 11.6 Å². The molecular weight excluding hydrogens is 269 g/mol. The first kappa shape index (κ1) is 12.6. The first-order valence-electron chi connectivity index (χ1n) is 5.81. The van der Waals surface area contributed by atoms with Gasteiger partial charge in [-0.2, -0.15) is 22.7 Å². The molecule has 0 bridgehead atoms. The van der Waals surface area contributed by atoms with E-state index in [0.717, 1.165) is 15.6 Å². The predicted octanol–water partition coefficient (Wildman–Crippen LogP) is 3.12. The SMILES string of the molecule is Cc1ccc(-c2ccnc3nc(C(F)(F)F)nn23)cc1. The number of alkyl halides is 3. The van der Waals surface area contributed by atoms with Gasteiger partial charge in [-0.15, -0.1) is 5.10 Å². The standard InChI is InChI=1S/C13H9F3N4/c1-8-2-4-9(5-3-8)10-6-7-17-12-18-11(13(14,15)16)19-20(10)12/h2-7H,1H3. The van der Waals surface area contributed by atoms with Gasteiger partial charge in [0, 0.05) is 11.8 Å². The molecule has 2 aromatic heterocycles. The van der Waals surface area contributed by atoms with Crippen molar-refractivity contribution in [3.8, 4) is 11.3 Å². The van der Waals surface area contributed by atoms with E-state index in [-0.39, 0.29) is 5.78 Å². The third-order valence-corrected chi connectivity index (χ3v) is 2.84. The van der Waals surface area contributed by atoms with Gasteiger partial charge >= 0.3 is 6.18 Å². The fourth-order valence-electron chi connectivity index (χ4n) is 1.86. The first-order chi connectivity index (χ1) is 9.45. The van der Waals surface area contributed by atoms with Gasteiger partial charge in [-0.25, -0.2) is 4.98 Å². The van der Waals surface area contributed by atoms with Crippen molar-refractivity contribution in [1.29, 1.82) is 0 Å². The van der Waals surface area contributed by atoms with E-state index in [9.17, 15) is 13.2 Å². The lowest BCUT2D eigenvalue weighted by molar-refractivity contribution is -0.144. The van der Waals surface area contributed by atoms with Crippen LogP contribution in [-0.2, 0) is 6.18 Å². The minimum absolute atomic E-state index is 0.0737. The zero-order valence-electron chi connectivity index (χ0n) is 10.4. The fourth-order valence-corrected chi connectivity index (χ4v) is 1.86. The van der Waals surface area contributed by atoms with E-state index < -0.39 is 12.0 Å². The van der Waals surface area contributed by atoms with E-state index >= 15 is 0 Å². The maximum atomic E-state index is 12.6. The zero-order chi connectivity index (χ0) is 14.3. The monoisotopic (exact) mass is 278 g/mol. The lowest BCUT2D eigenvalue weighted by Crippen LogP contribution is -2.07. The number of rotatable bonds is 1. The Balaban J connectivity index is 2.21. The van der Waals surface area contributed by atoms with Crippen LogP contribution in [0.3, 0.4) is 0 Å². The molecule has 4 nitrogen and oxygen atoms in total. The van der Waals surface area contributed by atoms with Crippen molar-refractivity contribution < 1.29 is 13.2 Å². The Morgan fingerprint density at radius 1 is 1.05 bits per heavy atom. The summed E-state index contributed by atoms with van der Waals surface area (Å²) in [4.78, 5) is 7.21. The van der Waals surface area contributed by atoms with Crippen molar-refractivity contribution in [3.63, 3.8) is 0 Å². The maximum Gasteiger partial charge on any atom is 0.453 e. The molecule has 0 saturated heterocycles. The number of hydrogen-bond acceptors (Lipinski definition) is 3. The number of nitrogens with zero attached hydrogens (tertiary/aromatic N) is 4. The van der Waals surface area contributed by atoms with Crippen LogP contribution in [0, 0.1) is 6.92 Å². The molecule has 0 aliphatic carbocycles. The molecule has 0 fully saturated rings. The van der Waals surface area contributed by atoms with Gasteiger partial charge in [0.2, 0.25) is 0 Å². The van der Waals surface area contributed by atoms with Crippen molar-refractivity contribution >= 4 is 5.78 Å². The largest absolute Gasteiger partial charge is 0.453 e. The summed E-state index contributed by atoms with van der Waals surface area (Å²) < 4.78 is 39.0. The molecule has 0 radical (unpaired) electrons. The summed E-state index contributed by atoms with van der Waals surface area (Å²) in [6, 6.07) is 9.00. The predicted molar refractivity (Wildman–Crippen MR) is 66.0 cm³/mol. The van der Waals surface area contributed by atoms with Crippen LogP contribution < -0.4 is 0 Å². The number of fused-ring (bicyclic) bond motifs is 1. The van der Waals surface area contributed by atoms with Crippen LogP contribution in [-0.4, -0.2) is 19.6 Å². The molecule has 0 spiro atoms. The topological polar surface area (TPSA) is 43.1 Å². The summed E-state index contributed by atoms with van der Waals surface area (Å²) in [6.45, 7) is 1.93. The molecule has 0 atom stereocenters. The Morgan fingerprint density at radius 3 is 2.40 bits per heavy atom. The summed E-state index contributed by atoms with van der Waals surface area (Å²) in [6.07, 6.45) is -3.17. The molecular formula is C13H9F3N4. The van der Waals surface area contributed by atoms with Crippen LogP contribution in [0.2, 0.25) is 0 Å². The summed E-state index contributed by atoms with van der Waals surface area (Å²) >= 11 is 0. The van der Waals surface area contributed by atoms with E-state index in [1.807, 2.05) is 31.2 Å². The lowest BCUT2D eigenvalue weighted by Gasteiger charge is -2.04. The molecule has 0 amide bonds. The normalized spacial score (nSPS) is 12.0. The van der Waals surface area contributed by atoms with Crippen LogP contribution in [0.1, 0.15) is 11.4 Å². The number of halogens is 3. The Kier molecular flexibility index (Phi) is 2.70. The molecule has 7 heteroatoms. The van der Waals surface area contributed by atoms with Crippen LogP contribution in [0.5, 0.6) is 0 Å². The number of hydrogen-bond donors (Lipinski definition) is 0. The van der Waals surface area contributed by atoms with Crippen molar-refractivity contribution in [2.45, 2.75) is 13.1 Å². The Bertz CT molecular complexity index is 759. The van der Waals surface area contributed by atoms with E-state index in [1.165, 1.54) is 6.20 Å². The van der Waals surface area contributed by atoms with Crippen molar-refractivity contribution in [2.24, 2.45) is 0 Å². The molecule has 1 aromatic carbocycles. The molecule has 0 saturated carbocycles. The number of benzene rings is 1. The van der Waals surface area contributed by atoms with E-state index in [2.05, 4.69) is 15.1 Å². The summed E-state index contributed by atoms with van der Waals surface area (Å²) in [5.41, 5.74) is 2.33. The second-order valence-electron chi connectivity index (χ2n) is 4.34. The van der Waals surface area contributed by atoms with Gasteiger partial charge in [-0.05, 0) is 13.0 Å². The van der Waals surface area contributed by atoms with Crippen LogP contribution in [0.4, 0.5) is 13.2 Å². The summed E-state index contributed by atoms with van der Waals surface area (Å²) in [5.74, 6) is -1.26. The first-order valence-corrected chi connectivity index (χ1v) is 5.81. The molecule has 0 N–H and O–H groups in total. The van der Waals surface area contributed by atoms with Crippen LogP contribution >= 0.6 is 0 Å². The van der Waals surface area contributed by atoms with Gasteiger partial charge in [0.15, 0.2) is 0 Å². The average Bonchev–Trinajstić information content (AvgIpc) is 2.83. The number of aryl methyl sites for hydroxylation is 1. The third kappa shape index (κ3) is 2.11. The molecule has 3 aromatic rings. The highest BCUT2D eigenvalue weighted by Crippen LogP contribution is 2.27. The van der Waals surface area contributed by atoms with Crippen molar-refractivity contribution in [1.82, 2.24) is 19.6 Å². The fraction of sp³-hybridized carbons (Fsp3) is 0.154. The van der Waals surface area contributed by atoms with E-state index in [0.29, 0.717) is 5.69 Å². The average molecular weight is 278 g/mol. The molecule has 0 unspecified atom stereocenters. The van der Waals surface area contributed by atoms with E-state index in [1.54, 1.807) is 6.07 Å². The second-order valence-corrected chi connectivity index (χ2v) is 4.34. The molecule has 20 heavy (non-hydrogen) atoms. The zero-order valence-corrected chi connectivity index (χ0v) is 10.4. The van der Waals surface area contributed by atoms with Gasteiger partial charge in [-0.3, -0.25) is 0 Å². The van der Waals surface area contributed by atoms with Crippen LogP contribution in [0.15, 0.2) is 36.5 Å². The summed E-state index contributed by atoms with van der Waals surface area (Å²) in [7, 11) is 0. The quantitative estimate of drug-likeness (QED) is 0.687. The Hall–Kier alpha value is -2.44. The van der Waals surface area contributed by atoms with E-state index in [4.69, 9.17) is 0 Å². The van der Waals surface area contributed by atoms with Crippen molar-refractivity contribution in [3.05, 3.63) is 47.9 Å². The highest BCUT2D eigenvalue weighted by atomic mass is 19.4. The minimum atomic E-state index is -4.59.